The maximum absolute atomic E-state index is 12.3. The highest BCUT2D eigenvalue weighted by Gasteiger charge is 2.23. The summed E-state index contributed by atoms with van der Waals surface area (Å²) >= 11 is 0. The van der Waals surface area contributed by atoms with Gasteiger partial charge in [-0.15, -0.1) is 0 Å². The van der Waals surface area contributed by atoms with Crippen molar-refractivity contribution in [2.75, 3.05) is 5.75 Å². The molecule has 0 spiro atoms. The van der Waals surface area contributed by atoms with E-state index in [0.717, 1.165) is 24.8 Å². The summed E-state index contributed by atoms with van der Waals surface area (Å²) < 4.78 is 24.5. The van der Waals surface area contributed by atoms with Crippen LogP contribution in [0.25, 0.3) is 0 Å². The van der Waals surface area contributed by atoms with Crippen LogP contribution in [0.3, 0.4) is 0 Å². The molecule has 0 fully saturated rings. The largest absolute Gasteiger partial charge is 0.224 e. The SMILES string of the molecule is [CH2]CCCc1cccc(S(=O)(=O)CC(C)(C)C)c1. The third-order valence-electron chi connectivity index (χ3n) is 2.60. The Morgan fingerprint density at radius 1 is 1.22 bits per heavy atom. The molecule has 101 valence electrons. The Morgan fingerprint density at radius 2 is 1.89 bits per heavy atom. The van der Waals surface area contributed by atoms with Crippen molar-refractivity contribution >= 4 is 9.84 Å². The summed E-state index contributed by atoms with van der Waals surface area (Å²) in [6, 6.07) is 7.30. The highest BCUT2D eigenvalue weighted by atomic mass is 32.2. The first-order chi connectivity index (χ1) is 8.24. The van der Waals surface area contributed by atoms with Gasteiger partial charge < -0.3 is 0 Å². The monoisotopic (exact) mass is 267 g/mol. The minimum Gasteiger partial charge on any atom is -0.224 e. The van der Waals surface area contributed by atoms with E-state index in [2.05, 4.69) is 6.92 Å². The smallest absolute Gasteiger partial charge is 0.178 e. The van der Waals surface area contributed by atoms with Crippen molar-refractivity contribution in [3.05, 3.63) is 36.8 Å². The molecule has 1 rings (SSSR count). The summed E-state index contributed by atoms with van der Waals surface area (Å²) in [5.41, 5.74) is 0.857. The van der Waals surface area contributed by atoms with Crippen molar-refractivity contribution in [1.82, 2.24) is 0 Å². The fourth-order valence-corrected chi connectivity index (χ4v) is 3.80. The molecule has 0 aromatic heterocycles. The summed E-state index contributed by atoms with van der Waals surface area (Å²) in [5.74, 6) is 0.179. The van der Waals surface area contributed by atoms with Crippen LogP contribution in [0.5, 0.6) is 0 Å². The summed E-state index contributed by atoms with van der Waals surface area (Å²) in [6.45, 7) is 9.63. The molecule has 1 radical (unpaired) electrons. The maximum atomic E-state index is 12.3. The minimum absolute atomic E-state index is 0.179. The van der Waals surface area contributed by atoms with E-state index < -0.39 is 9.84 Å². The fraction of sp³-hybridized carbons (Fsp3) is 0.533. The lowest BCUT2D eigenvalue weighted by Crippen LogP contribution is -2.20. The average molecular weight is 267 g/mol. The summed E-state index contributed by atoms with van der Waals surface area (Å²) in [4.78, 5) is 0.444. The lowest BCUT2D eigenvalue weighted by molar-refractivity contribution is 0.461. The Kier molecular flexibility index (Phi) is 4.97. The Bertz CT molecular complexity index is 481. The number of rotatable bonds is 5. The maximum Gasteiger partial charge on any atom is 0.178 e. The van der Waals surface area contributed by atoms with Gasteiger partial charge >= 0.3 is 0 Å². The lowest BCUT2D eigenvalue weighted by Gasteiger charge is -2.18. The van der Waals surface area contributed by atoms with Gasteiger partial charge in [-0.25, -0.2) is 8.42 Å². The number of benzene rings is 1. The Balaban J connectivity index is 2.95. The van der Waals surface area contributed by atoms with Crippen molar-refractivity contribution in [3.63, 3.8) is 0 Å². The third-order valence-corrected chi connectivity index (χ3v) is 4.81. The fourth-order valence-electron chi connectivity index (χ4n) is 1.88. The second-order valence-corrected chi connectivity index (χ2v) is 7.91. The van der Waals surface area contributed by atoms with Gasteiger partial charge in [-0.3, -0.25) is 0 Å². The first-order valence-electron chi connectivity index (χ1n) is 6.35. The molecule has 2 nitrogen and oxygen atoms in total. The van der Waals surface area contributed by atoms with Gasteiger partial charge in [0.1, 0.15) is 0 Å². The van der Waals surface area contributed by atoms with Gasteiger partial charge in [-0.05, 0) is 36.0 Å². The predicted octanol–water partition coefficient (Wildman–Crippen LogP) is 3.66. The minimum atomic E-state index is -3.18. The topological polar surface area (TPSA) is 34.1 Å². The molecule has 0 heterocycles. The van der Waals surface area contributed by atoms with Crippen LogP contribution < -0.4 is 0 Å². The van der Waals surface area contributed by atoms with Crippen LogP contribution in [0.2, 0.25) is 0 Å². The van der Waals surface area contributed by atoms with E-state index in [9.17, 15) is 8.42 Å². The van der Waals surface area contributed by atoms with Gasteiger partial charge in [0, 0.05) is 0 Å². The van der Waals surface area contributed by atoms with Gasteiger partial charge in [0.05, 0.1) is 10.6 Å². The predicted molar refractivity (Wildman–Crippen MR) is 76.2 cm³/mol. The second-order valence-electron chi connectivity index (χ2n) is 5.92. The Labute approximate surface area is 111 Å². The van der Waals surface area contributed by atoms with Crippen molar-refractivity contribution < 1.29 is 8.42 Å². The molecule has 0 saturated carbocycles. The zero-order valence-electron chi connectivity index (χ0n) is 11.6. The first kappa shape index (κ1) is 15.2. The molecule has 3 heteroatoms. The molecular weight excluding hydrogens is 244 g/mol. The van der Waals surface area contributed by atoms with E-state index in [4.69, 9.17) is 0 Å². The van der Waals surface area contributed by atoms with Gasteiger partial charge in [0.15, 0.2) is 9.84 Å². The lowest BCUT2D eigenvalue weighted by atomic mass is 10.0. The number of unbranched alkanes of at least 4 members (excludes halogenated alkanes) is 1. The molecule has 0 aliphatic heterocycles. The van der Waals surface area contributed by atoms with Crippen LogP contribution in [0.4, 0.5) is 0 Å². The molecule has 0 aliphatic rings. The van der Waals surface area contributed by atoms with E-state index in [0.29, 0.717) is 4.90 Å². The second kappa shape index (κ2) is 5.87. The summed E-state index contributed by atoms with van der Waals surface area (Å²) in [7, 11) is -3.18. The molecule has 1 aromatic rings. The molecule has 0 atom stereocenters. The van der Waals surface area contributed by atoms with E-state index in [1.54, 1.807) is 12.1 Å². The molecule has 1 aromatic carbocycles. The van der Waals surface area contributed by atoms with Crippen molar-refractivity contribution in [2.24, 2.45) is 5.41 Å². The van der Waals surface area contributed by atoms with Crippen LogP contribution >= 0.6 is 0 Å². The van der Waals surface area contributed by atoms with Gasteiger partial charge in [0.2, 0.25) is 0 Å². The van der Waals surface area contributed by atoms with Crippen LogP contribution in [0, 0.1) is 12.3 Å². The van der Waals surface area contributed by atoms with Gasteiger partial charge in [-0.1, -0.05) is 46.2 Å². The van der Waals surface area contributed by atoms with E-state index in [1.807, 2.05) is 32.9 Å². The number of hydrogen-bond acceptors (Lipinski definition) is 2. The summed E-state index contributed by atoms with van der Waals surface area (Å²) in [6.07, 6.45) is 2.75. The number of sulfone groups is 1. The van der Waals surface area contributed by atoms with Gasteiger partial charge in [-0.2, -0.15) is 0 Å². The zero-order chi connectivity index (χ0) is 13.8. The molecule has 0 amide bonds. The molecule has 18 heavy (non-hydrogen) atoms. The molecular formula is C15H23O2S. The zero-order valence-corrected chi connectivity index (χ0v) is 12.4. The quantitative estimate of drug-likeness (QED) is 0.816. The van der Waals surface area contributed by atoms with E-state index >= 15 is 0 Å². The van der Waals surface area contributed by atoms with Crippen molar-refractivity contribution in [1.29, 1.82) is 0 Å². The van der Waals surface area contributed by atoms with Crippen LogP contribution in [-0.4, -0.2) is 14.2 Å². The number of hydrogen-bond donors (Lipinski definition) is 0. The molecule has 0 N–H and O–H groups in total. The van der Waals surface area contributed by atoms with E-state index in [-0.39, 0.29) is 11.2 Å². The normalized spacial score (nSPS) is 12.7. The van der Waals surface area contributed by atoms with Crippen LogP contribution in [0.15, 0.2) is 29.2 Å². The molecule has 0 aliphatic carbocycles. The highest BCUT2D eigenvalue weighted by molar-refractivity contribution is 7.91. The highest BCUT2D eigenvalue weighted by Crippen LogP contribution is 2.22. The first-order valence-corrected chi connectivity index (χ1v) is 8.01. The average Bonchev–Trinajstić information content (AvgIpc) is 2.23. The van der Waals surface area contributed by atoms with E-state index in [1.165, 1.54) is 0 Å². The van der Waals surface area contributed by atoms with Gasteiger partial charge in [0.25, 0.3) is 0 Å². The molecule has 0 bridgehead atoms. The summed E-state index contributed by atoms with van der Waals surface area (Å²) in [5, 5.41) is 0. The molecule has 0 saturated heterocycles. The van der Waals surface area contributed by atoms with Crippen LogP contribution in [-0.2, 0) is 16.3 Å². The third kappa shape index (κ3) is 4.81. The Morgan fingerprint density at radius 3 is 2.44 bits per heavy atom. The molecule has 0 unspecified atom stereocenters. The standard InChI is InChI=1S/C15H23O2S/c1-5-6-8-13-9-7-10-14(11-13)18(16,17)12-15(2,3)4/h7,9-11H,1,5-6,8,12H2,2-4H3. The van der Waals surface area contributed by atoms with Crippen molar-refractivity contribution in [3.8, 4) is 0 Å². The van der Waals surface area contributed by atoms with Crippen molar-refractivity contribution in [2.45, 2.75) is 44.9 Å². The number of aryl methyl sites for hydroxylation is 1. The van der Waals surface area contributed by atoms with Crippen LogP contribution in [0.1, 0.15) is 39.2 Å². The Hall–Kier alpha value is -0.830.